The monoisotopic (exact) mass is 261 g/mol. The predicted molar refractivity (Wildman–Crippen MR) is 58.4 cm³/mol. The van der Waals surface area contributed by atoms with Gasteiger partial charge in [0.25, 0.3) is 0 Å². The number of nitrogens with zero attached hydrogens (tertiary/aromatic N) is 1. The summed E-state index contributed by atoms with van der Waals surface area (Å²) in [6.07, 6.45) is 0.637. The highest BCUT2D eigenvalue weighted by molar-refractivity contribution is 9.09. The van der Waals surface area contributed by atoms with Gasteiger partial charge in [-0.3, -0.25) is 4.79 Å². The van der Waals surface area contributed by atoms with Gasteiger partial charge < -0.3 is 9.64 Å². The first-order valence-corrected chi connectivity index (χ1v) is 5.55. The van der Waals surface area contributed by atoms with Crippen LogP contribution in [0.15, 0.2) is 0 Å². The maximum absolute atomic E-state index is 11.5. The van der Waals surface area contributed by atoms with Crippen LogP contribution in [0.5, 0.6) is 0 Å². The van der Waals surface area contributed by atoms with Gasteiger partial charge in [0.2, 0.25) is 7.85 Å². The minimum atomic E-state index is -0.406. The van der Waals surface area contributed by atoms with Crippen LogP contribution in [-0.4, -0.2) is 48.5 Å². The number of halogens is 1. The first-order valence-electron chi connectivity index (χ1n) is 4.64. The third-order valence-electron chi connectivity index (χ3n) is 2.21. The van der Waals surface area contributed by atoms with Gasteiger partial charge in [-0.2, -0.15) is 0 Å². The second-order valence-corrected chi connectivity index (χ2v) is 4.57. The number of carbonyl (C=O) groups is 2. The van der Waals surface area contributed by atoms with Crippen LogP contribution in [0.4, 0.5) is 4.79 Å². The predicted octanol–water partition coefficient (Wildman–Crippen LogP) is 0.140. The highest BCUT2D eigenvalue weighted by atomic mass is 79.9. The minimum Gasteiger partial charge on any atom is -0.464 e. The summed E-state index contributed by atoms with van der Waals surface area (Å²) >= 11 is 3.41. The molecular weight excluding hydrogens is 249 g/mol. The average molecular weight is 262 g/mol. The topological polar surface area (TPSA) is 46.6 Å². The lowest BCUT2D eigenvalue weighted by atomic mass is 10.1. The van der Waals surface area contributed by atoms with Gasteiger partial charge in [-0.1, -0.05) is 15.9 Å². The van der Waals surface area contributed by atoms with E-state index in [0.29, 0.717) is 19.6 Å². The lowest BCUT2D eigenvalue weighted by molar-refractivity contribution is -0.147. The van der Waals surface area contributed by atoms with Crippen molar-refractivity contribution in [2.24, 2.45) is 0 Å². The third-order valence-corrected chi connectivity index (χ3v) is 2.88. The lowest BCUT2D eigenvalue weighted by Gasteiger charge is -2.21. The fraction of sp³-hybridized carbons (Fsp3) is 0.750. The highest BCUT2D eigenvalue weighted by Gasteiger charge is 2.37. The van der Waals surface area contributed by atoms with Crippen molar-refractivity contribution in [3.8, 4) is 0 Å². The number of alkyl halides is 1. The van der Waals surface area contributed by atoms with Gasteiger partial charge in [0.1, 0.15) is 6.04 Å². The number of likely N-dealkylation sites (tertiary alicyclic amines) is 1. The Morgan fingerprint density at radius 3 is 2.79 bits per heavy atom. The summed E-state index contributed by atoms with van der Waals surface area (Å²) in [5.41, 5.74) is 0. The van der Waals surface area contributed by atoms with E-state index >= 15 is 0 Å². The molecular formula is C8H13BBrNO3. The van der Waals surface area contributed by atoms with Crippen LogP contribution >= 0.6 is 15.9 Å². The van der Waals surface area contributed by atoms with E-state index in [1.54, 1.807) is 11.8 Å². The van der Waals surface area contributed by atoms with Crippen molar-refractivity contribution in [2.45, 2.75) is 24.2 Å². The molecule has 0 aromatic carbocycles. The van der Waals surface area contributed by atoms with E-state index in [4.69, 9.17) is 4.74 Å². The van der Waals surface area contributed by atoms with Crippen molar-refractivity contribution in [2.75, 3.05) is 13.2 Å². The molecule has 0 spiro atoms. The maximum Gasteiger partial charge on any atom is 0.328 e. The van der Waals surface area contributed by atoms with Crippen LogP contribution in [0.3, 0.4) is 0 Å². The van der Waals surface area contributed by atoms with Crippen LogP contribution in [0.1, 0.15) is 13.3 Å². The molecule has 1 saturated heterocycles. The fourth-order valence-corrected chi connectivity index (χ4v) is 2.26. The SMILES string of the molecule is BC(=O)N1C[C@@H](Br)C[C@H]1C(=O)OCC. The van der Waals surface area contributed by atoms with E-state index in [1.165, 1.54) is 7.85 Å². The Hall–Kier alpha value is -0.515. The zero-order valence-electron chi connectivity index (χ0n) is 8.33. The molecule has 1 rings (SSSR count). The number of esters is 1. The summed E-state index contributed by atoms with van der Waals surface area (Å²) in [4.78, 5) is 24.4. The Kier molecular flexibility index (Phi) is 3.98. The van der Waals surface area contributed by atoms with Gasteiger partial charge in [-0.25, -0.2) is 4.79 Å². The van der Waals surface area contributed by atoms with Crippen LogP contribution in [-0.2, 0) is 9.53 Å². The van der Waals surface area contributed by atoms with Crippen LogP contribution < -0.4 is 0 Å². The van der Waals surface area contributed by atoms with Gasteiger partial charge in [-0.05, 0) is 13.3 Å². The minimum absolute atomic E-state index is 0.0787. The normalized spacial score (nSPS) is 26.3. The first-order chi connectivity index (χ1) is 6.56. The summed E-state index contributed by atoms with van der Waals surface area (Å²) in [5, 5.41) is 0. The fourth-order valence-electron chi connectivity index (χ4n) is 1.59. The van der Waals surface area contributed by atoms with Gasteiger partial charge >= 0.3 is 5.97 Å². The second-order valence-electron chi connectivity index (χ2n) is 3.27. The van der Waals surface area contributed by atoms with Crippen LogP contribution in [0.25, 0.3) is 0 Å². The number of rotatable bonds is 2. The molecule has 1 aliphatic rings. The molecule has 1 aliphatic heterocycles. The summed E-state index contributed by atoms with van der Waals surface area (Å²) in [6.45, 7) is 2.70. The van der Waals surface area contributed by atoms with Crippen molar-refractivity contribution >= 4 is 35.6 Å². The van der Waals surface area contributed by atoms with Crippen LogP contribution in [0, 0.1) is 0 Å². The highest BCUT2D eigenvalue weighted by Crippen LogP contribution is 2.24. The molecule has 0 saturated carbocycles. The zero-order valence-corrected chi connectivity index (χ0v) is 9.91. The summed E-state index contributed by atoms with van der Waals surface area (Å²) in [7, 11) is 1.47. The van der Waals surface area contributed by atoms with E-state index < -0.39 is 6.04 Å². The van der Waals surface area contributed by atoms with Crippen LogP contribution in [0.2, 0.25) is 0 Å². The third kappa shape index (κ3) is 2.50. The van der Waals surface area contributed by atoms with E-state index in [-0.39, 0.29) is 16.6 Å². The molecule has 14 heavy (non-hydrogen) atoms. The largest absolute Gasteiger partial charge is 0.464 e. The smallest absolute Gasteiger partial charge is 0.328 e. The molecule has 0 N–H and O–H groups in total. The molecule has 0 aliphatic carbocycles. The molecule has 0 aromatic heterocycles. The first kappa shape index (κ1) is 11.6. The summed E-state index contributed by atoms with van der Waals surface area (Å²) in [5.74, 6) is -0.380. The summed E-state index contributed by atoms with van der Waals surface area (Å²) in [6, 6.07) is -0.406. The van der Waals surface area contributed by atoms with Crippen molar-refractivity contribution in [3.05, 3.63) is 0 Å². The number of hydrogen-bond acceptors (Lipinski definition) is 3. The van der Waals surface area contributed by atoms with Gasteiger partial charge in [0.05, 0.1) is 6.61 Å². The summed E-state index contributed by atoms with van der Waals surface area (Å²) < 4.78 is 4.90. The van der Waals surface area contributed by atoms with Crippen molar-refractivity contribution in [3.63, 3.8) is 0 Å². The number of amides is 1. The molecule has 1 fully saturated rings. The standard InChI is InChI=1S/C8H13BBrNO3/c1-2-14-7(12)6-3-5(10)4-11(6)8(9)13/h5-6H,2-4,9H2,1H3/t5-,6-/m0/s1. The molecule has 1 heterocycles. The van der Waals surface area contributed by atoms with E-state index in [1.807, 2.05) is 0 Å². The molecule has 1 amide bonds. The van der Waals surface area contributed by atoms with Gasteiger partial charge in [0.15, 0.2) is 5.81 Å². The molecule has 0 bridgehead atoms. The van der Waals surface area contributed by atoms with Gasteiger partial charge in [0, 0.05) is 11.4 Å². The molecule has 2 atom stereocenters. The molecule has 0 aromatic rings. The van der Waals surface area contributed by atoms with Crippen molar-refractivity contribution in [1.82, 2.24) is 4.90 Å². The number of ether oxygens (including phenoxy) is 1. The average Bonchev–Trinajstić information content (AvgIpc) is 2.48. The molecule has 4 nitrogen and oxygen atoms in total. The zero-order chi connectivity index (χ0) is 10.7. The second kappa shape index (κ2) is 4.82. The molecule has 78 valence electrons. The molecule has 6 heteroatoms. The number of hydrogen-bond donors (Lipinski definition) is 0. The molecule has 0 unspecified atom stereocenters. The Morgan fingerprint density at radius 2 is 2.29 bits per heavy atom. The van der Waals surface area contributed by atoms with Crippen molar-refractivity contribution in [1.29, 1.82) is 0 Å². The quantitative estimate of drug-likeness (QED) is 0.404. The Balaban J connectivity index is 2.66. The van der Waals surface area contributed by atoms with Crippen molar-refractivity contribution < 1.29 is 14.3 Å². The maximum atomic E-state index is 11.5. The number of carbonyl (C=O) groups excluding carboxylic acids is 2. The van der Waals surface area contributed by atoms with E-state index in [0.717, 1.165) is 0 Å². The van der Waals surface area contributed by atoms with E-state index in [2.05, 4.69) is 15.9 Å². The lowest BCUT2D eigenvalue weighted by Crippen LogP contribution is -2.40. The van der Waals surface area contributed by atoms with Gasteiger partial charge in [-0.15, -0.1) is 0 Å². The molecule has 0 radical (unpaired) electrons. The Morgan fingerprint density at radius 1 is 1.64 bits per heavy atom. The van der Waals surface area contributed by atoms with E-state index in [9.17, 15) is 9.59 Å². The Bertz CT molecular complexity index is 249. The Labute approximate surface area is 92.5 Å².